The number of H-pyrrole nitrogens is 1. The molecule has 0 radical (unpaired) electrons. The molecule has 2 aromatic heterocycles. The van der Waals surface area contributed by atoms with Gasteiger partial charge < -0.3 is 20.0 Å². The molecule has 0 bridgehead atoms. The highest BCUT2D eigenvalue weighted by atomic mass is 16.3. The third kappa shape index (κ3) is 3.05. The van der Waals surface area contributed by atoms with Crippen LogP contribution in [0.25, 0.3) is 11.5 Å². The van der Waals surface area contributed by atoms with E-state index in [9.17, 15) is 9.59 Å². The van der Waals surface area contributed by atoms with Crippen LogP contribution in [0.1, 0.15) is 23.2 Å². The number of rotatable bonds is 4. The summed E-state index contributed by atoms with van der Waals surface area (Å²) in [6.07, 6.45) is 3.70. The van der Waals surface area contributed by atoms with Crippen molar-refractivity contribution in [2.75, 3.05) is 13.1 Å². The normalized spacial score (nSPS) is 17.8. The number of furan rings is 1. The minimum atomic E-state index is -0.416. The molecule has 6 heteroatoms. The monoisotopic (exact) mass is 287 g/mol. The lowest BCUT2D eigenvalue weighted by molar-refractivity contribution is 0.0949. The molecule has 1 aliphatic rings. The molecule has 1 unspecified atom stereocenters. The van der Waals surface area contributed by atoms with E-state index in [1.54, 1.807) is 18.2 Å². The summed E-state index contributed by atoms with van der Waals surface area (Å²) in [7, 11) is 0. The zero-order valence-corrected chi connectivity index (χ0v) is 11.5. The quantitative estimate of drug-likeness (QED) is 0.786. The van der Waals surface area contributed by atoms with Crippen molar-refractivity contribution in [1.82, 2.24) is 15.6 Å². The first-order valence-corrected chi connectivity index (χ1v) is 7.03. The minimum Gasteiger partial charge on any atom is -0.463 e. The smallest absolute Gasteiger partial charge is 0.261 e. The molecule has 1 saturated heterocycles. The molecule has 1 aliphatic heterocycles. The predicted octanol–water partition coefficient (Wildman–Crippen LogP) is 1.12. The Kier molecular flexibility index (Phi) is 3.87. The Hall–Kier alpha value is -2.34. The number of pyridine rings is 1. The van der Waals surface area contributed by atoms with Gasteiger partial charge in [0.1, 0.15) is 11.3 Å². The standard InChI is InChI=1S/C15H17N3O3/c19-14(17-9-10-3-1-7-16-10)11-5-6-12(18-15(11)20)13-4-2-8-21-13/h2,4-6,8,10,16H,1,3,7,9H2,(H,17,19)(H,18,20). The summed E-state index contributed by atoms with van der Waals surface area (Å²) in [4.78, 5) is 26.7. The summed E-state index contributed by atoms with van der Waals surface area (Å²) in [6.45, 7) is 1.52. The molecule has 3 N–H and O–H groups in total. The Labute approximate surface area is 121 Å². The third-order valence-electron chi connectivity index (χ3n) is 3.61. The Morgan fingerprint density at radius 2 is 2.29 bits per heavy atom. The van der Waals surface area contributed by atoms with Crippen LogP contribution in [-0.2, 0) is 0 Å². The van der Waals surface area contributed by atoms with E-state index in [4.69, 9.17) is 4.42 Å². The predicted molar refractivity (Wildman–Crippen MR) is 78.1 cm³/mol. The van der Waals surface area contributed by atoms with Gasteiger partial charge in [0.25, 0.3) is 11.5 Å². The van der Waals surface area contributed by atoms with Gasteiger partial charge in [-0.25, -0.2) is 0 Å². The first-order valence-electron chi connectivity index (χ1n) is 7.03. The van der Waals surface area contributed by atoms with Crippen LogP contribution in [0.3, 0.4) is 0 Å². The Morgan fingerprint density at radius 3 is 2.95 bits per heavy atom. The van der Waals surface area contributed by atoms with Crippen LogP contribution in [0, 0.1) is 0 Å². The first-order chi connectivity index (χ1) is 10.2. The minimum absolute atomic E-state index is 0.114. The van der Waals surface area contributed by atoms with Crippen LogP contribution in [0.15, 0.2) is 39.7 Å². The van der Waals surface area contributed by atoms with Crippen LogP contribution in [-0.4, -0.2) is 30.0 Å². The number of hydrogen-bond acceptors (Lipinski definition) is 4. The van der Waals surface area contributed by atoms with E-state index < -0.39 is 5.56 Å². The van der Waals surface area contributed by atoms with E-state index in [1.165, 1.54) is 12.3 Å². The van der Waals surface area contributed by atoms with Crippen molar-refractivity contribution in [3.05, 3.63) is 46.4 Å². The van der Waals surface area contributed by atoms with Crippen LogP contribution in [0.2, 0.25) is 0 Å². The summed E-state index contributed by atoms with van der Waals surface area (Å²) in [5, 5.41) is 6.08. The van der Waals surface area contributed by atoms with Gasteiger partial charge in [-0.2, -0.15) is 0 Å². The van der Waals surface area contributed by atoms with Crippen molar-refractivity contribution in [3.63, 3.8) is 0 Å². The fraction of sp³-hybridized carbons (Fsp3) is 0.333. The number of carbonyl (C=O) groups is 1. The summed E-state index contributed by atoms with van der Waals surface area (Å²) < 4.78 is 5.21. The second-order valence-electron chi connectivity index (χ2n) is 5.10. The average Bonchev–Trinajstić information content (AvgIpc) is 3.18. The van der Waals surface area contributed by atoms with E-state index in [-0.39, 0.29) is 11.5 Å². The number of nitrogens with one attached hydrogen (secondary N) is 3. The topological polar surface area (TPSA) is 87.1 Å². The molecular formula is C15H17N3O3. The zero-order chi connectivity index (χ0) is 14.7. The second-order valence-corrected chi connectivity index (χ2v) is 5.10. The number of aromatic nitrogens is 1. The maximum atomic E-state index is 12.0. The highest BCUT2D eigenvalue weighted by Crippen LogP contribution is 2.15. The Balaban J connectivity index is 1.70. The molecule has 1 fully saturated rings. The fourth-order valence-corrected chi connectivity index (χ4v) is 2.47. The van der Waals surface area contributed by atoms with Crippen molar-refractivity contribution in [1.29, 1.82) is 0 Å². The molecule has 6 nitrogen and oxygen atoms in total. The van der Waals surface area contributed by atoms with Crippen molar-refractivity contribution in [3.8, 4) is 11.5 Å². The van der Waals surface area contributed by atoms with E-state index in [0.29, 0.717) is 24.0 Å². The molecule has 0 aliphatic carbocycles. The Bertz CT molecular complexity index is 670. The maximum Gasteiger partial charge on any atom is 0.261 e. The summed E-state index contributed by atoms with van der Waals surface area (Å²) >= 11 is 0. The summed E-state index contributed by atoms with van der Waals surface area (Å²) in [5.74, 6) is 0.213. The lowest BCUT2D eigenvalue weighted by Crippen LogP contribution is -2.38. The maximum absolute atomic E-state index is 12.0. The van der Waals surface area contributed by atoms with Crippen molar-refractivity contribution >= 4 is 5.91 Å². The summed E-state index contributed by atoms with van der Waals surface area (Å²) in [6, 6.07) is 6.98. The van der Waals surface area contributed by atoms with Gasteiger partial charge in [0.05, 0.1) is 12.0 Å². The molecule has 0 spiro atoms. The molecule has 1 atom stereocenters. The largest absolute Gasteiger partial charge is 0.463 e. The lowest BCUT2D eigenvalue weighted by Gasteiger charge is -2.11. The third-order valence-corrected chi connectivity index (χ3v) is 3.61. The van der Waals surface area contributed by atoms with Crippen molar-refractivity contribution < 1.29 is 9.21 Å². The van der Waals surface area contributed by atoms with E-state index >= 15 is 0 Å². The average molecular weight is 287 g/mol. The molecule has 3 rings (SSSR count). The van der Waals surface area contributed by atoms with Gasteiger partial charge in [0.15, 0.2) is 0 Å². The van der Waals surface area contributed by atoms with E-state index in [0.717, 1.165) is 19.4 Å². The van der Waals surface area contributed by atoms with Gasteiger partial charge in [-0.3, -0.25) is 9.59 Å². The molecule has 3 heterocycles. The van der Waals surface area contributed by atoms with Gasteiger partial charge in [0.2, 0.25) is 0 Å². The van der Waals surface area contributed by atoms with Gasteiger partial charge in [-0.15, -0.1) is 0 Å². The van der Waals surface area contributed by atoms with Crippen molar-refractivity contribution in [2.45, 2.75) is 18.9 Å². The van der Waals surface area contributed by atoms with Gasteiger partial charge >= 0.3 is 0 Å². The number of carbonyl (C=O) groups excluding carboxylic acids is 1. The van der Waals surface area contributed by atoms with Gasteiger partial charge in [0, 0.05) is 12.6 Å². The number of aromatic amines is 1. The molecule has 0 aromatic carbocycles. The molecule has 2 aromatic rings. The second kappa shape index (κ2) is 5.97. The molecule has 110 valence electrons. The summed E-state index contributed by atoms with van der Waals surface area (Å²) in [5.41, 5.74) is 0.253. The number of amides is 1. The highest BCUT2D eigenvalue weighted by molar-refractivity contribution is 5.94. The fourth-order valence-electron chi connectivity index (χ4n) is 2.47. The molecular weight excluding hydrogens is 270 g/mol. The number of hydrogen-bond donors (Lipinski definition) is 3. The SMILES string of the molecule is O=C(NCC1CCCN1)c1ccc(-c2ccco2)[nH]c1=O. The lowest BCUT2D eigenvalue weighted by atomic mass is 10.2. The Morgan fingerprint density at radius 1 is 1.38 bits per heavy atom. The molecule has 0 saturated carbocycles. The zero-order valence-electron chi connectivity index (χ0n) is 11.5. The van der Waals surface area contributed by atoms with Crippen molar-refractivity contribution in [2.24, 2.45) is 0 Å². The molecule has 21 heavy (non-hydrogen) atoms. The van der Waals surface area contributed by atoms with Crippen LogP contribution >= 0.6 is 0 Å². The first kappa shape index (κ1) is 13.6. The van der Waals surface area contributed by atoms with Crippen LogP contribution in [0.4, 0.5) is 0 Å². The molecule has 1 amide bonds. The van der Waals surface area contributed by atoms with Crippen LogP contribution in [0.5, 0.6) is 0 Å². The van der Waals surface area contributed by atoms with Gasteiger partial charge in [-0.1, -0.05) is 0 Å². The highest BCUT2D eigenvalue weighted by Gasteiger charge is 2.17. The van der Waals surface area contributed by atoms with Crippen LogP contribution < -0.4 is 16.2 Å². The van der Waals surface area contributed by atoms with E-state index in [2.05, 4.69) is 15.6 Å². The van der Waals surface area contributed by atoms with E-state index in [1.807, 2.05) is 0 Å². The van der Waals surface area contributed by atoms with Gasteiger partial charge in [-0.05, 0) is 43.7 Å².